The van der Waals surface area contributed by atoms with Crippen LogP contribution in [0.4, 0.5) is 5.69 Å². The van der Waals surface area contributed by atoms with Gasteiger partial charge in [-0.3, -0.25) is 9.69 Å². The first kappa shape index (κ1) is 19.8. The van der Waals surface area contributed by atoms with Crippen LogP contribution >= 0.6 is 0 Å². The van der Waals surface area contributed by atoms with Gasteiger partial charge in [0.2, 0.25) is 15.9 Å². The van der Waals surface area contributed by atoms with Crippen molar-refractivity contribution in [2.45, 2.75) is 45.1 Å². The van der Waals surface area contributed by atoms with Gasteiger partial charge in [-0.05, 0) is 48.9 Å². The summed E-state index contributed by atoms with van der Waals surface area (Å²) in [6.45, 7) is 9.59. The third-order valence-electron chi connectivity index (χ3n) is 5.00. The Balaban J connectivity index is 2.12. The third kappa shape index (κ3) is 4.78. The molecule has 1 saturated heterocycles. The molecule has 1 amide bonds. The lowest BCUT2D eigenvalue weighted by atomic mass is 9.80. The number of nitrogens with two attached hydrogens (primary N) is 2. The molecule has 0 aliphatic carbocycles. The zero-order chi connectivity index (χ0) is 19.0. The molecule has 1 unspecified atom stereocenters. The Labute approximate surface area is 149 Å². The van der Waals surface area contributed by atoms with E-state index in [2.05, 4.69) is 24.1 Å². The first-order valence-electron chi connectivity index (χ1n) is 8.32. The van der Waals surface area contributed by atoms with Crippen LogP contribution < -0.4 is 16.2 Å². The van der Waals surface area contributed by atoms with E-state index in [0.29, 0.717) is 5.69 Å². The summed E-state index contributed by atoms with van der Waals surface area (Å²) in [7, 11) is -3.82. The molecule has 1 aromatic carbocycles. The number of primary sulfonamides is 1. The van der Waals surface area contributed by atoms with Gasteiger partial charge in [0.05, 0.1) is 11.4 Å². The summed E-state index contributed by atoms with van der Waals surface area (Å²) >= 11 is 0. The van der Waals surface area contributed by atoms with Crippen molar-refractivity contribution in [3.05, 3.63) is 23.3 Å². The van der Waals surface area contributed by atoms with E-state index in [1.807, 2.05) is 6.92 Å². The first-order chi connectivity index (χ1) is 11.4. The number of aryl methyl sites for hydroxylation is 1. The van der Waals surface area contributed by atoms with E-state index in [1.54, 1.807) is 6.92 Å². The second-order valence-corrected chi connectivity index (χ2v) is 9.16. The molecule has 0 spiro atoms. The number of hydrogen-bond donors (Lipinski definition) is 3. The number of amides is 1. The van der Waals surface area contributed by atoms with E-state index in [1.165, 1.54) is 12.1 Å². The normalized spacial score (nSPS) is 21.1. The molecular formula is C17H28N4O3S. The highest BCUT2D eigenvalue weighted by Gasteiger charge is 2.33. The highest BCUT2D eigenvalue weighted by molar-refractivity contribution is 7.89. The van der Waals surface area contributed by atoms with E-state index in [4.69, 9.17) is 10.9 Å². The molecule has 1 aromatic rings. The molecule has 1 atom stereocenters. The monoisotopic (exact) mass is 368 g/mol. The maximum atomic E-state index is 12.4. The average Bonchev–Trinajstić information content (AvgIpc) is 2.46. The summed E-state index contributed by atoms with van der Waals surface area (Å²) in [5.74, 6) is -0.180. The fourth-order valence-electron chi connectivity index (χ4n) is 3.13. The predicted octanol–water partition coefficient (Wildman–Crippen LogP) is 0.949. The maximum absolute atomic E-state index is 12.4. The number of rotatable bonds is 4. The van der Waals surface area contributed by atoms with Crippen LogP contribution in [-0.2, 0) is 14.8 Å². The number of carbonyl (C=O) groups is 1. The van der Waals surface area contributed by atoms with Crippen LogP contribution in [-0.4, -0.2) is 44.9 Å². The average molecular weight is 369 g/mol. The van der Waals surface area contributed by atoms with Crippen molar-refractivity contribution in [3.63, 3.8) is 0 Å². The Morgan fingerprint density at radius 1 is 1.36 bits per heavy atom. The zero-order valence-corrected chi connectivity index (χ0v) is 16.1. The molecule has 0 radical (unpaired) electrons. The molecule has 0 aromatic heterocycles. The van der Waals surface area contributed by atoms with Crippen LogP contribution in [0.15, 0.2) is 17.0 Å². The van der Waals surface area contributed by atoms with E-state index in [-0.39, 0.29) is 28.8 Å². The Morgan fingerprint density at radius 2 is 2.00 bits per heavy atom. The van der Waals surface area contributed by atoms with Crippen LogP contribution in [0.3, 0.4) is 0 Å². The Hall–Kier alpha value is -1.48. The zero-order valence-electron chi connectivity index (χ0n) is 15.3. The van der Waals surface area contributed by atoms with Gasteiger partial charge >= 0.3 is 0 Å². The number of nitrogens with one attached hydrogen (secondary N) is 1. The highest BCUT2D eigenvalue weighted by Crippen LogP contribution is 2.28. The molecule has 1 heterocycles. The quantitative estimate of drug-likeness (QED) is 0.731. The van der Waals surface area contributed by atoms with Gasteiger partial charge in [-0.2, -0.15) is 0 Å². The summed E-state index contributed by atoms with van der Waals surface area (Å²) < 4.78 is 23.2. The fourth-order valence-corrected chi connectivity index (χ4v) is 3.76. The smallest absolute Gasteiger partial charge is 0.238 e. The van der Waals surface area contributed by atoms with Crippen LogP contribution in [0.2, 0.25) is 0 Å². The van der Waals surface area contributed by atoms with Gasteiger partial charge in [0, 0.05) is 24.8 Å². The lowest BCUT2D eigenvalue weighted by Crippen LogP contribution is -2.53. The summed E-state index contributed by atoms with van der Waals surface area (Å²) in [4.78, 5) is 14.5. The maximum Gasteiger partial charge on any atom is 0.238 e. The van der Waals surface area contributed by atoms with Gasteiger partial charge < -0.3 is 11.1 Å². The highest BCUT2D eigenvalue weighted by atomic mass is 32.2. The van der Waals surface area contributed by atoms with Crippen molar-refractivity contribution in [1.82, 2.24) is 4.90 Å². The molecule has 1 aliphatic heterocycles. The minimum atomic E-state index is -3.82. The van der Waals surface area contributed by atoms with Gasteiger partial charge in [-0.15, -0.1) is 0 Å². The predicted molar refractivity (Wildman–Crippen MR) is 98.7 cm³/mol. The summed E-state index contributed by atoms with van der Waals surface area (Å²) in [5.41, 5.74) is 8.14. The van der Waals surface area contributed by atoms with Gasteiger partial charge in [0.25, 0.3) is 0 Å². The van der Waals surface area contributed by atoms with E-state index in [9.17, 15) is 13.2 Å². The summed E-state index contributed by atoms with van der Waals surface area (Å²) in [5, 5.41) is 8.02. The number of benzene rings is 1. The lowest BCUT2D eigenvalue weighted by Gasteiger charge is -2.42. The number of hydrogen-bond acceptors (Lipinski definition) is 5. The molecule has 1 fully saturated rings. The van der Waals surface area contributed by atoms with Gasteiger partial charge in [-0.25, -0.2) is 13.6 Å². The van der Waals surface area contributed by atoms with Crippen molar-refractivity contribution < 1.29 is 13.2 Å². The fraction of sp³-hybridized carbons (Fsp3) is 0.588. The van der Waals surface area contributed by atoms with Gasteiger partial charge in [-0.1, -0.05) is 13.8 Å². The molecule has 0 saturated carbocycles. The summed E-state index contributed by atoms with van der Waals surface area (Å²) in [6.07, 6.45) is 0.847. The number of sulfonamides is 1. The molecule has 8 heteroatoms. The largest absolute Gasteiger partial charge is 0.327 e. The van der Waals surface area contributed by atoms with E-state index < -0.39 is 10.0 Å². The van der Waals surface area contributed by atoms with Gasteiger partial charge in [0.15, 0.2) is 0 Å². The second kappa shape index (κ2) is 7.03. The molecule has 5 N–H and O–H groups in total. The Bertz CT molecular complexity index is 774. The molecule has 1 aliphatic rings. The standard InChI is InChI=1S/C17H28N4O3S/c1-11-7-13(25(19,23)24)8-14(12(11)2)20-16(22)9-21-6-5-15(18)17(3,4)10-21/h7-8,15H,5-6,9-10,18H2,1-4H3,(H,20,22)(H2,19,23,24). The third-order valence-corrected chi connectivity index (χ3v) is 5.89. The molecule has 0 bridgehead atoms. The minimum Gasteiger partial charge on any atom is -0.327 e. The Morgan fingerprint density at radius 3 is 2.56 bits per heavy atom. The van der Waals surface area contributed by atoms with Crippen LogP contribution in [0.5, 0.6) is 0 Å². The molecule has 140 valence electrons. The number of likely N-dealkylation sites (tertiary alicyclic amines) is 1. The number of carbonyl (C=O) groups excluding carboxylic acids is 1. The van der Waals surface area contributed by atoms with Crippen LogP contribution in [0.25, 0.3) is 0 Å². The SMILES string of the molecule is Cc1cc(S(N)(=O)=O)cc(NC(=O)CN2CCC(N)C(C)(C)C2)c1C. The van der Waals surface area contributed by atoms with E-state index >= 15 is 0 Å². The van der Waals surface area contributed by atoms with Crippen molar-refractivity contribution >= 4 is 21.6 Å². The van der Waals surface area contributed by atoms with Crippen molar-refractivity contribution in [1.29, 1.82) is 0 Å². The van der Waals surface area contributed by atoms with Crippen molar-refractivity contribution in [2.75, 3.05) is 25.0 Å². The van der Waals surface area contributed by atoms with Crippen LogP contribution in [0, 0.1) is 19.3 Å². The van der Waals surface area contributed by atoms with Crippen LogP contribution in [0.1, 0.15) is 31.4 Å². The van der Waals surface area contributed by atoms with Crippen molar-refractivity contribution in [3.8, 4) is 0 Å². The number of piperidine rings is 1. The lowest BCUT2D eigenvalue weighted by molar-refractivity contribution is -0.118. The number of nitrogens with zero attached hydrogens (tertiary/aromatic N) is 1. The first-order valence-corrected chi connectivity index (χ1v) is 9.86. The molecule has 2 rings (SSSR count). The summed E-state index contributed by atoms with van der Waals surface area (Å²) in [6, 6.07) is 3.05. The Kier molecular flexibility index (Phi) is 5.58. The molecular weight excluding hydrogens is 340 g/mol. The molecule has 25 heavy (non-hydrogen) atoms. The topological polar surface area (TPSA) is 119 Å². The second-order valence-electron chi connectivity index (χ2n) is 7.60. The van der Waals surface area contributed by atoms with Crippen molar-refractivity contribution in [2.24, 2.45) is 16.3 Å². The number of anilines is 1. The van der Waals surface area contributed by atoms with E-state index in [0.717, 1.165) is 30.6 Å². The van der Waals surface area contributed by atoms with Gasteiger partial charge in [0.1, 0.15) is 0 Å². The minimum absolute atomic E-state index is 0.00372. The molecule has 7 nitrogen and oxygen atoms in total.